The van der Waals surface area contributed by atoms with Crippen molar-refractivity contribution in [3.05, 3.63) is 151 Å². The molecule has 0 atom stereocenters. The van der Waals surface area contributed by atoms with Gasteiger partial charge in [0, 0.05) is 45.2 Å². The van der Waals surface area contributed by atoms with Crippen molar-refractivity contribution in [3.63, 3.8) is 0 Å². The minimum atomic E-state index is 0.326. The van der Waals surface area contributed by atoms with Crippen LogP contribution in [0.2, 0.25) is 10.6 Å². The van der Waals surface area contributed by atoms with Crippen LogP contribution in [0.3, 0.4) is 0 Å². The number of halogens is 2. The van der Waals surface area contributed by atoms with E-state index >= 15 is 0 Å². The van der Waals surface area contributed by atoms with Crippen LogP contribution in [0.15, 0.2) is 71.7 Å². The third kappa shape index (κ3) is 15.2. The number of nitrogens with zero attached hydrogens (tertiary/aromatic N) is 12. The van der Waals surface area contributed by atoms with Crippen molar-refractivity contribution in [3.8, 4) is 0 Å². The molecule has 1 aromatic carbocycles. The summed E-state index contributed by atoms with van der Waals surface area (Å²) in [5.41, 5.74) is 12.1. The Morgan fingerprint density at radius 1 is 0.383 bits per heavy atom. The van der Waals surface area contributed by atoms with Crippen molar-refractivity contribution < 1.29 is 0 Å². The zero-order valence-electron chi connectivity index (χ0n) is 35.9. The van der Waals surface area contributed by atoms with Crippen molar-refractivity contribution >= 4 is 77.2 Å². The average Bonchev–Trinajstić information content (AvgIpc) is 3.83. The van der Waals surface area contributed by atoms with Gasteiger partial charge in [0.1, 0.15) is 23.8 Å². The highest BCUT2D eigenvalue weighted by Crippen LogP contribution is 2.22. The molecule has 9 rings (SSSR count). The molecule has 8 heterocycles. The Labute approximate surface area is 369 Å². The highest BCUT2D eigenvalue weighted by atomic mass is 35.5. The highest BCUT2D eigenvalue weighted by molar-refractivity contribution is 7.17. The van der Waals surface area contributed by atoms with E-state index in [2.05, 4.69) is 59.8 Å². The zero-order chi connectivity index (χ0) is 43.9. The lowest BCUT2D eigenvalue weighted by Crippen LogP contribution is -1.92. The van der Waals surface area contributed by atoms with Gasteiger partial charge >= 0.3 is 0 Å². The second-order valence-corrected chi connectivity index (χ2v) is 16.0. The van der Waals surface area contributed by atoms with Gasteiger partial charge in [-0.25, -0.2) is 59.8 Å². The fraction of sp³-hybridized carbons (Fsp3) is 0.273. The SMILES string of the molecule is Cc1cc(C)nc(C)n1.Cc1cc(C)nc(C)n1.Cc1cc(C)nc(Cl)n1.Cc1nc(C)c2ccccc2n1.Cc1nc(Cl)nc2ccsc12.Cc1ncnc2ccsc12. The number of aromatic nitrogens is 12. The van der Waals surface area contributed by atoms with Gasteiger partial charge in [0.05, 0.1) is 37.3 Å². The topological polar surface area (TPSA) is 155 Å². The summed E-state index contributed by atoms with van der Waals surface area (Å²) in [5, 5.41) is 5.82. The average molecular weight is 880 g/mol. The third-order valence-corrected chi connectivity index (χ3v) is 10.3. The Bertz CT molecular complexity index is 2540. The summed E-state index contributed by atoms with van der Waals surface area (Å²) in [6.07, 6.45) is 1.60. The second-order valence-electron chi connectivity index (χ2n) is 13.5. The molecular weight excluding hydrogens is 832 g/mol. The van der Waals surface area contributed by atoms with Crippen molar-refractivity contribution in [1.82, 2.24) is 59.8 Å². The fourth-order valence-corrected chi connectivity index (χ4v) is 7.82. The summed E-state index contributed by atoms with van der Waals surface area (Å²) in [6, 6.07) is 17.8. The normalized spacial score (nSPS) is 10.2. The van der Waals surface area contributed by atoms with Gasteiger partial charge in [-0.05, 0) is 153 Å². The van der Waals surface area contributed by atoms with Crippen LogP contribution < -0.4 is 0 Å². The summed E-state index contributed by atoms with van der Waals surface area (Å²) < 4.78 is 2.32. The Kier molecular flexibility index (Phi) is 17.9. The van der Waals surface area contributed by atoms with Gasteiger partial charge in [-0.2, -0.15) is 0 Å². The molecule has 0 spiro atoms. The van der Waals surface area contributed by atoms with E-state index in [1.165, 1.54) is 4.70 Å². The van der Waals surface area contributed by atoms with Gasteiger partial charge in [-0.15, -0.1) is 22.7 Å². The first-order valence-electron chi connectivity index (χ1n) is 18.7. The first-order chi connectivity index (χ1) is 28.5. The zero-order valence-corrected chi connectivity index (χ0v) is 39.0. The third-order valence-electron chi connectivity index (χ3n) is 7.92. The van der Waals surface area contributed by atoms with E-state index in [1.807, 2.05) is 148 Å². The fourth-order valence-electron chi connectivity index (χ4n) is 5.75. The molecule has 0 saturated carbocycles. The van der Waals surface area contributed by atoms with Crippen molar-refractivity contribution in [2.75, 3.05) is 0 Å². The molecule has 0 N–H and O–H groups in total. The number of aryl methyl sites for hydroxylation is 12. The monoisotopic (exact) mass is 878 g/mol. The molecule has 16 heteroatoms. The van der Waals surface area contributed by atoms with Gasteiger partial charge < -0.3 is 0 Å². The van der Waals surface area contributed by atoms with Crippen LogP contribution in [0.4, 0.5) is 0 Å². The maximum atomic E-state index is 5.66. The number of para-hydroxylation sites is 1. The molecule has 60 heavy (non-hydrogen) atoms. The number of rotatable bonds is 0. The summed E-state index contributed by atoms with van der Waals surface area (Å²) in [6.45, 7) is 23.3. The summed E-state index contributed by atoms with van der Waals surface area (Å²) >= 11 is 14.5. The predicted octanol–water partition coefficient (Wildman–Crippen LogP) is 11.5. The maximum absolute atomic E-state index is 5.66. The predicted molar refractivity (Wildman–Crippen MR) is 247 cm³/mol. The van der Waals surface area contributed by atoms with Gasteiger partial charge in [0.2, 0.25) is 10.6 Å². The largest absolute Gasteiger partial charge is 0.240 e. The molecule has 9 aromatic rings. The van der Waals surface area contributed by atoms with Crippen molar-refractivity contribution in [2.24, 2.45) is 0 Å². The molecule has 0 bridgehead atoms. The maximum Gasteiger partial charge on any atom is 0.223 e. The Morgan fingerprint density at radius 3 is 1.33 bits per heavy atom. The van der Waals surface area contributed by atoms with E-state index in [4.69, 9.17) is 23.2 Å². The summed E-state index contributed by atoms with van der Waals surface area (Å²) in [7, 11) is 0. The summed E-state index contributed by atoms with van der Waals surface area (Å²) in [5.74, 6) is 2.55. The van der Waals surface area contributed by atoms with Crippen LogP contribution in [-0.4, -0.2) is 59.8 Å². The molecule has 0 aliphatic heterocycles. The van der Waals surface area contributed by atoms with Crippen LogP contribution >= 0.6 is 45.9 Å². The standard InChI is InChI=1S/C10H10N2.C7H5ClN2S.C7H6N2S.2C7H10N2.C6H7ClN2/c1-7-9-5-3-4-6-10(9)12-8(2)11-7;1-4-6-5(2-3-11-6)10-7(8)9-4;1-5-7-6(2-3-10-7)9-4-8-5;2*1-5-4-6(2)9-7(3)8-5;1-4-3-5(2)9-6(7)8-4/h3-6H,1-2H3;2-3H,1H3;2-4H,1H3;2*4H,1-3H3;3H,1-2H3. The van der Waals surface area contributed by atoms with E-state index in [9.17, 15) is 0 Å². The Balaban J connectivity index is 0.000000159. The number of fused-ring (bicyclic) bond motifs is 3. The van der Waals surface area contributed by atoms with E-state index in [1.54, 1.807) is 29.0 Å². The highest BCUT2D eigenvalue weighted by Gasteiger charge is 2.03. The number of thiophene rings is 2. The number of hydrogen-bond acceptors (Lipinski definition) is 14. The van der Waals surface area contributed by atoms with Crippen molar-refractivity contribution in [1.29, 1.82) is 0 Å². The molecule has 0 saturated heterocycles. The van der Waals surface area contributed by atoms with Crippen LogP contribution in [0.1, 0.15) is 68.7 Å². The smallest absolute Gasteiger partial charge is 0.223 e. The first-order valence-corrected chi connectivity index (χ1v) is 21.3. The first kappa shape index (κ1) is 47.1. The minimum absolute atomic E-state index is 0.326. The number of benzene rings is 1. The molecule has 0 aliphatic rings. The molecule has 8 aromatic heterocycles. The molecular formula is C44H48Cl2N12S2. The molecule has 310 valence electrons. The Morgan fingerprint density at radius 2 is 0.833 bits per heavy atom. The van der Waals surface area contributed by atoms with E-state index in [-0.39, 0.29) is 0 Å². The van der Waals surface area contributed by atoms with E-state index < -0.39 is 0 Å². The van der Waals surface area contributed by atoms with Gasteiger partial charge in [-0.1, -0.05) is 18.2 Å². The molecule has 12 nitrogen and oxygen atoms in total. The van der Waals surface area contributed by atoms with E-state index in [0.717, 1.165) is 95.4 Å². The molecule has 0 aliphatic carbocycles. The van der Waals surface area contributed by atoms with E-state index in [0.29, 0.717) is 10.6 Å². The lowest BCUT2D eigenvalue weighted by atomic mass is 10.2. The lowest BCUT2D eigenvalue weighted by Gasteiger charge is -2.00. The minimum Gasteiger partial charge on any atom is -0.240 e. The second kappa shape index (κ2) is 22.7. The lowest BCUT2D eigenvalue weighted by molar-refractivity contribution is 0.975. The Hall–Kier alpha value is -5.54. The number of hydrogen-bond donors (Lipinski definition) is 0. The molecule has 0 fully saturated rings. The van der Waals surface area contributed by atoms with Gasteiger partial charge in [-0.3, -0.25) is 0 Å². The molecule has 0 amide bonds. The molecule has 0 radical (unpaired) electrons. The van der Waals surface area contributed by atoms with Crippen LogP contribution in [0.25, 0.3) is 31.3 Å². The van der Waals surface area contributed by atoms with Crippen molar-refractivity contribution in [2.45, 2.75) is 83.1 Å². The van der Waals surface area contributed by atoms with Crippen LogP contribution in [-0.2, 0) is 0 Å². The molecule has 0 unspecified atom stereocenters. The quantitative estimate of drug-likeness (QED) is 0.133. The van der Waals surface area contributed by atoms with Crippen LogP contribution in [0.5, 0.6) is 0 Å². The summed E-state index contributed by atoms with van der Waals surface area (Å²) in [4.78, 5) is 49.2. The van der Waals surface area contributed by atoms with Gasteiger partial charge in [0.25, 0.3) is 0 Å². The van der Waals surface area contributed by atoms with Crippen LogP contribution in [0, 0.1) is 83.1 Å². The van der Waals surface area contributed by atoms with Gasteiger partial charge in [0.15, 0.2) is 0 Å².